The highest BCUT2D eigenvalue weighted by Gasteiger charge is 2.27. The first kappa shape index (κ1) is 17.4. The van der Waals surface area contributed by atoms with Crippen LogP contribution in [-0.2, 0) is 11.3 Å². The van der Waals surface area contributed by atoms with E-state index in [0.717, 1.165) is 18.5 Å². The Morgan fingerprint density at radius 1 is 1.22 bits per heavy atom. The fraction of sp³-hybridized carbons (Fsp3) is 0.300. The number of ether oxygens (including phenoxy) is 1. The molecule has 0 bridgehead atoms. The second kappa shape index (κ2) is 7.67. The highest BCUT2D eigenvalue weighted by Crippen LogP contribution is 2.19. The van der Waals surface area contributed by atoms with Gasteiger partial charge in [-0.15, -0.1) is 0 Å². The molecule has 27 heavy (non-hydrogen) atoms. The molecule has 1 aromatic carbocycles. The molecule has 7 nitrogen and oxygen atoms in total. The average Bonchev–Trinajstić information content (AvgIpc) is 2.72. The van der Waals surface area contributed by atoms with Crippen LogP contribution in [0.5, 0.6) is 0 Å². The molecular formula is C20H20N4O3. The quantitative estimate of drug-likeness (QED) is 0.766. The van der Waals surface area contributed by atoms with Gasteiger partial charge in [-0.05, 0) is 31.0 Å². The zero-order valence-electron chi connectivity index (χ0n) is 14.8. The number of piperidine rings is 1. The molecule has 4 rings (SSSR count). The van der Waals surface area contributed by atoms with Crippen molar-refractivity contribution < 1.29 is 9.53 Å². The van der Waals surface area contributed by atoms with Crippen molar-refractivity contribution in [3.8, 4) is 0 Å². The molecule has 7 heteroatoms. The lowest BCUT2D eigenvalue weighted by Gasteiger charge is -2.32. The summed E-state index contributed by atoms with van der Waals surface area (Å²) in [6.45, 7) is 1.53. The summed E-state index contributed by atoms with van der Waals surface area (Å²) < 4.78 is 5.95. The maximum absolute atomic E-state index is 13.0. The number of para-hydroxylation sites is 1. The van der Waals surface area contributed by atoms with E-state index in [0.29, 0.717) is 30.6 Å². The molecule has 0 saturated carbocycles. The normalized spacial score (nSPS) is 17.2. The number of carbonyl (C=O) groups is 1. The summed E-state index contributed by atoms with van der Waals surface area (Å²) in [6, 6.07) is 12.9. The lowest BCUT2D eigenvalue weighted by molar-refractivity contribution is -0.00796. The van der Waals surface area contributed by atoms with Crippen LogP contribution in [0.15, 0.2) is 53.5 Å². The van der Waals surface area contributed by atoms with E-state index in [-0.39, 0.29) is 17.7 Å². The summed E-state index contributed by atoms with van der Waals surface area (Å²) in [5.74, 6) is -0.233. The van der Waals surface area contributed by atoms with Gasteiger partial charge >= 0.3 is 5.69 Å². The monoisotopic (exact) mass is 364 g/mol. The molecule has 1 aliphatic rings. The molecule has 1 unspecified atom stereocenters. The Bertz CT molecular complexity index is 1000. The molecule has 3 aromatic rings. The number of amides is 1. The predicted molar refractivity (Wildman–Crippen MR) is 100 cm³/mol. The van der Waals surface area contributed by atoms with E-state index in [1.165, 1.54) is 0 Å². The molecule has 1 atom stereocenters. The van der Waals surface area contributed by atoms with Gasteiger partial charge < -0.3 is 14.6 Å². The number of nitrogens with zero attached hydrogens (tertiary/aromatic N) is 3. The number of nitrogens with one attached hydrogen (secondary N) is 1. The van der Waals surface area contributed by atoms with Crippen molar-refractivity contribution in [2.24, 2.45) is 0 Å². The van der Waals surface area contributed by atoms with E-state index in [4.69, 9.17) is 4.74 Å². The van der Waals surface area contributed by atoms with Gasteiger partial charge in [-0.25, -0.2) is 4.79 Å². The number of carbonyl (C=O) groups excluding carboxylic acids is 1. The number of aromatic amines is 1. The van der Waals surface area contributed by atoms with Gasteiger partial charge in [0, 0.05) is 24.7 Å². The van der Waals surface area contributed by atoms with E-state index in [2.05, 4.69) is 15.0 Å². The Morgan fingerprint density at radius 2 is 2.07 bits per heavy atom. The minimum atomic E-state index is -0.517. The number of aromatic nitrogens is 3. The van der Waals surface area contributed by atoms with Crippen molar-refractivity contribution in [2.45, 2.75) is 25.6 Å². The molecule has 1 fully saturated rings. The third kappa shape index (κ3) is 3.88. The van der Waals surface area contributed by atoms with Crippen LogP contribution in [0, 0.1) is 0 Å². The van der Waals surface area contributed by atoms with Gasteiger partial charge in [0.15, 0.2) is 0 Å². The molecule has 0 radical (unpaired) electrons. The molecule has 0 spiro atoms. The van der Waals surface area contributed by atoms with Crippen LogP contribution in [-0.4, -0.2) is 45.0 Å². The Hall–Kier alpha value is -3.06. The molecule has 1 aliphatic heterocycles. The summed E-state index contributed by atoms with van der Waals surface area (Å²) in [6.07, 6.45) is 3.41. The standard InChI is InChI=1S/C20H20N4O3/c25-19(18-16-8-1-2-9-17(16)22-20(26)23-18)24-11-5-7-15(12-24)27-13-14-6-3-4-10-21-14/h1-4,6,8-10,15H,5,7,11-13H2,(H,22,23,26). The van der Waals surface area contributed by atoms with Crippen LogP contribution in [0.4, 0.5) is 0 Å². The molecule has 1 saturated heterocycles. The fourth-order valence-corrected chi connectivity index (χ4v) is 3.36. The minimum absolute atomic E-state index is 0.0574. The number of hydrogen-bond donors (Lipinski definition) is 1. The van der Waals surface area contributed by atoms with Crippen LogP contribution >= 0.6 is 0 Å². The number of benzene rings is 1. The lowest BCUT2D eigenvalue weighted by Crippen LogP contribution is -2.44. The highest BCUT2D eigenvalue weighted by molar-refractivity contribution is 6.04. The van der Waals surface area contributed by atoms with Crippen LogP contribution in [0.2, 0.25) is 0 Å². The number of likely N-dealkylation sites (tertiary alicyclic amines) is 1. The van der Waals surface area contributed by atoms with Gasteiger partial charge in [-0.1, -0.05) is 24.3 Å². The lowest BCUT2D eigenvalue weighted by atomic mass is 10.1. The van der Waals surface area contributed by atoms with Crippen molar-refractivity contribution >= 4 is 16.8 Å². The van der Waals surface area contributed by atoms with Crippen LogP contribution < -0.4 is 5.69 Å². The largest absolute Gasteiger partial charge is 0.370 e. The van der Waals surface area contributed by atoms with Crippen molar-refractivity contribution in [3.05, 3.63) is 70.5 Å². The Morgan fingerprint density at radius 3 is 2.93 bits per heavy atom. The second-order valence-corrected chi connectivity index (χ2v) is 6.58. The first-order valence-corrected chi connectivity index (χ1v) is 9.00. The summed E-state index contributed by atoms with van der Waals surface area (Å²) in [4.78, 5) is 37.5. The van der Waals surface area contributed by atoms with Gasteiger partial charge in [0.1, 0.15) is 5.69 Å². The molecule has 138 valence electrons. The minimum Gasteiger partial charge on any atom is -0.370 e. The number of H-pyrrole nitrogens is 1. The van der Waals surface area contributed by atoms with Crippen molar-refractivity contribution in [3.63, 3.8) is 0 Å². The van der Waals surface area contributed by atoms with E-state index in [1.807, 2.05) is 30.3 Å². The van der Waals surface area contributed by atoms with Crippen LogP contribution in [0.1, 0.15) is 29.0 Å². The average molecular weight is 364 g/mol. The predicted octanol–water partition coefficient (Wildman–Crippen LogP) is 2.14. The van der Waals surface area contributed by atoms with Crippen molar-refractivity contribution in [2.75, 3.05) is 13.1 Å². The van der Waals surface area contributed by atoms with Crippen molar-refractivity contribution in [1.82, 2.24) is 19.9 Å². The molecular weight excluding hydrogens is 344 g/mol. The van der Waals surface area contributed by atoms with E-state index in [1.54, 1.807) is 23.2 Å². The topological polar surface area (TPSA) is 88.2 Å². The number of pyridine rings is 1. The zero-order chi connectivity index (χ0) is 18.6. The molecule has 0 aliphatic carbocycles. The van der Waals surface area contributed by atoms with Crippen LogP contribution in [0.25, 0.3) is 10.9 Å². The fourth-order valence-electron chi connectivity index (χ4n) is 3.36. The molecule has 2 aromatic heterocycles. The SMILES string of the molecule is O=C(c1nc(=O)[nH]c2ccccc12)N1CCCC(OCc2ccccn2)C1. The van der Waals surface area contributed by atoms with Gasteiger partial charge in [0.05, 0.1) is 23.9 Å². The second-order valence-electron chi connectivity index (χ2n) is 6.58. The number of fused-ring (bicyclic) bond motifs is 1. The number of hydrogen-bond acceptors (Lipinski definition) is 5. The summed E-state index contributed by atoms with van der Waals surface area (Å²) in [5.41, 5.74) is 1.15. The Kier molecular flexibility index (Phi) is 4.93. The molecule has 1 N–H and O–H groups in total. The third-order valence-corrected chi connectivity index (χ3v) is 4.70. The smallest absolute Gasteiger partial charge is 0.346 e. The highest BCUT2D eigenvalue weighted by atomic mass is 16.5. The Labute approximate surface area is 156 Å². The first-order valence-electron chi connectivity index (χ1n) is 9.00. The Balaban J connectivity index is 1.50. The summed E-state index contributed by atoms with van der Waals surface area (Å²) in [7, 11) is 0. The van der Waals surface area contributed by atoms with Gasteiger partial charge in [-0.2, -0.15) is 4.98 Å². The molecule has 1 amide bonds. The van der Waals surface area contributed by atoms with Crippen LogP contribution in [0.3, 0.4) is 0 Å². The number of rotatable bonds is 4. The van der Waals surface area contributed by atoms with E-state index < -0.39 is 5.69 Å². The van der Waals surface area contributed by atoms with Crippen molar-refractivity contribution in [1.29, 1.82) is 0 Å². The zero-order valence-corrected chi connectivity index (χ0v) is 14.8. The summed E-state index contributed by atoms with van der Waals surface area (Å²) in [5, 5.41) is 0.652. The van der Waals surface area contributed by atoms with E-state index >= 15 is 0 Å². The molecule has 3 heterocycles. The van der Waals surface area contributed by atoms with Gasteiger partial charge in [-0.3, -0.25) is 9.78 Å². The van der Waals surface area contributed by atoms with Gasteiger partial charge in [0.2, 0.25) is 0 Å². The maximum Gasteiger partial charge on any atom is 0.346 e. The van der Waals surface area contributed by atoms with Gasteiger partial charge in [0.25, 0.3) is 5.91 Å². The maximum atomic E-state index is 13.0. The van der Waals surface area contributed by atoms with E-state index in [9.17, 15) is 9.59 Å². The summed E-state index contributed by atoms with van der Waals surface area (Å²) >= 11 is 0. The third-order valence-electron chi connectivity index (χ3n) is 4.70. The first-order chi connectivity index (χ1) is 13.2.